The molecule has 0 heterocycles. The van der Waals surface area contributed by atoms with Crippen molar-refractivity contribution in [2.24, 2.45) is 0 Å². The van der Waals surface area contributed by atoms with Gasteiger partial charge in [-0.15, -0.1) is 0 Å². The molecule has 1 rings (SSSR count). The summed E-state index contributed by atoms with van der Waals surface area (Å²) in [5.41, 5.74) is 0.212. The topological polar surface area (TPSA) is 131 Å². The first-order chi connectivity index (χ1) is 11.8. The summed E-state index contributed by atoms with van der Waals surface area (Å²) in [6, 6.07) is 4.17. The van der Waals surface area contributed by atoms with Gasteiger partial charge in [0.15, 0.2) is 0 Å². The average molecular weight is 371 g/mol. The van der Waals surface area contributed by atoms with Gasteiger partial charge in [0.05, 0.1) is 11.5 Å². The second-order valence-corrected chi connectivity index (χ2v) is 6.60. The first-order valence-electron chi connectivity index (χ1n) is 7.69. The van der Waals surface area contributed by atoms with Crippen molar-refractivity contribution in [3.63, 3.8) is 0 Å². The third-order valence-electron chi connectivity index (χ3n) is 2.93. The number of amides is 3. The van der Waals surface area contributed by atoms with Crippen molar-refractivity contribution in [3.8, 4) is 0 Å². The van der Waals surface area contributed by atoms with Crippen LogP contribution in [0, 0.1) is 0 Å². The molecule has 0 aliphatic heterocycles. The van der Waals surface area contributed by atoms with Gasteiger partial charge in [-0.3, -0.25) is 4.79 Å². The molecule has 3 amide bonds. The molecule has 0 atom stereocenters. The van der Waals surface area contributed by atoms with E-state index in [0.29, 0.717) is 6.54 Å². The second-order valence-electron chi connectivity index (χ2n) is 4.91. The maximum absolute atomic E-state index is 12.1. The highest BCUT2D eigenvalue weighted by Gasteiger charge is 2.18. The Morgan fingerprint density at radius 1 is 1.08 bits per heavy atom. The fourth-order valence-corrected chi connectivity index (χ4v) is 2.62. The van der Waals surface area contributed by atoms with Crippen LogP contribution in [0.4, 0.5) is 10.5 Å². The van der Waals surface area contributed by atoms with E-state index in [1.54, 1.807) is 6.92 Å². The van der Waals surface area contributed by atoms with E-state index in [-0.39, 0.29) is 17.2 Å². The summed E-state index contributed by atoms with van der Waals surface area (Å²) in [4.78, 5) is 34.1. The number of hydrogen-bond donors (Lipinski definition) is 3. The van der Waals surface area contributed by atoms with E-state index in [4.69, 9.17) is 0 Å². The van der Waals surface area contributed by atoms with Gasteiger partial charge in [-0.25, -0.2) is 22.7 Å². The number of carbonyl (C=O) groups excluding carboxylic acids is 3. The first kappa shape index (κ1) is 20.4. The lowest BCUT2D eigenvalue weighted by Gasteiger charge is -2.09. The first-order valence-corrected chi connectivity index (χ1v) is 9.17. The van der Waals surface area contributed by atoms with E-state index >= 15 is 0 Å². The molecule has 0 radical (unpaired) electrons. The molecule has 0 bridgehead atoms. The number of hydrogen-bond acceptors (Lipinski definition) is 6. The maximum atomic E-state index is 12.1. The van der Waals surface area contributed by atoms with Gasteiger partial charge < -0.3 is 15.4 Å². The van der Waals surface area contributed by atoms with Crippen LogP contribution in [0.1, 0.15) is 26.7 Å². The number of unbranched alkanes of at least 4 members (excludes halogenated alkanes) is 1. The highest BCUT2D eigenvalue weighted by molar-refractivity contribution is 7.90. The van der Waals surface area contributed by atoms with E-state index in [1.165, 1.54) is 24.3 Å². The number of anilines is 1. The summed E-state index contributed by atoms with van der Waals surface area (Å²) < 4.78 is 30.6. The molecule has 0 aliphatic carbocycles. The van der Waals surface area contributed by atoms with Crippen LogP contribution in [0.2, 0.25) is 0 Å². The Hall–Kier alpha value is -2.62. The number of esters is 1. The van der Waals surface area contributed by atoms with Crippen molar-refractivity contribution in [2.45, 2.75) is 31.6 Å². The fraction of sp³-hybridized carbons (Fsp3) is 0.400. The van der Waals surface area contributed by atoms with Crippen molar-refractivity contribution in [1.29, 1.82) is 0 Å². The Bertz CT molecular complexity index is 715. The molecular weight excluding hydrogens is 350 g/mol. The van der Waals surface area contributed by atoms with Gasteiger partial charge in [0.1, 0.15) is 0 Å². The van der Waals surface area contributed by atoms with Crippen molar-refractivity contribution in [2.75, 3.05) is 18.5 Å². The molecule has 10 heteroatoms. The number of nitrogens with one attached hydrogen (secondary N) is 3. The zero-order valence-electron chi connectivity index (χ0n) is 14.0. The predicted octanol–water partition coefficient (Wildman–Crippen LogP) is 0.976. The molecule has 138 valence electrons. The number of rotatable bonds is 7. The molecule has 1 aromatic rings. The van der Waals surface area contributed by atoms with Gasteiger partial charge in [0.2, 0.25) is 0 Å². The lowest BCUT2D eigenvalue weighted by atomic mass is 10.3. The molecule has 25 heavy (non-hydrogen) atoms. The fourth-order valence-electron chi connectivity index (χ4n) is 1.69. The Morgan fingerprint density at radius 2 is 1.72 bits per heavy atom. The summed E-state index contributed by atoms with van der Waals surface area (Å²) >= 11 is 0. The SMILES string of the molecule is CCCCNC(=O)NS(=O)(=O)c1ccc(NC(=O)C(=O)OCC)cc1. The van der Waals surface area contributed by atoms with Crippen LogP contribution in [0.5, 0.6) is 0 Å². The van der Waals surface area contributed by atoms with Crippen molar-refractivity contribution in [1.82, 2.24) is 10.0 Å². The number of carbonyl (C=O) groups is 3. The van der Waals surface area contributed by atoms with Crippen molar-refractivity contribution in [3.05, 3.63) is 24.3 Å². The largest absolute Gasteiger partial charge is 0.459 e. The van der Waals surface area contributed by atoms with E-state index in [2.05, 4.69) is 15.4 Å². The summed E-state index contributed by atoms with van der Waals surface area (Å²) in [5, 5.41) is 4.71. The van der Waals surface area contributed by atoms with Crippen LogP contribution >= 0.6 is 0 Å². The molecular formula is C15H21N3O6S. The molecule has 0 unspecified atom stereocenters. The second kappa shape index (κ2) is 9.62. The van der Waals surface area contributed by atoms with E-state index in [1.807, 2.05) is 11.6 Å². The monoisotopic (exact) mass is 371 g/mol. The summed E-state index contributed by atoms with van der Waals surface area (Å²) in [5.74, 6) is -2.00. The Balaban J connectivity index is 2.69. The van der Waals surface area contributed by atoms with Gasteiger partial charge in [0.25, 0.3) is 10.0 Å². The Morgan fingerprint density at radius 3 is 2.28 bits per heavy atom. The smallest absolute Gasteiger partial charge is 0.397 e. The molecule has 0 aromatic heterocycles. The zero-order valence-corrected chi connectivity index (χ0v) is 14.8. The van der Waals surface area contributed by atoms with Crippen LogP contribution < -0.4 is 15.4 Å². The molecule has 0 saturated heterocycles. The quantitative estimate of drug-likeness (QED) is 0.372. The highest BCUT2D eigenvalue weighted by atomic mass is 32.2. The number of sulfonamides is 1. The van der Waals surface area contributed by atoms with Crippen LogP contribution in [-0.4, -0.2) is 39.5 Å². The number of benzene rings is 1. The zero-order chi connectivity index (χ0) is 18.9. The highest BCUT2D eigenvalue weighted by Crippen LogP contribution is 2.14. The lowest BCUT2D eigenvalue weighted by Crippen LogP contribution is -2.39. The molecule has 0 saturated carbocycles. The van der Waals surface area contributed by atoms with E-state index in [0.717, 1.165) is 12.8 Å². The van der Waals surface area contributed by atoms with Gasteiger partial charge in [-0.05, 0) is 37.6 Å². The minimum absolute atomic E-state index is 0.0649. The van der Waals surface area contributed by atoms with Gasteiger partial charge >= 0.3 is 17.9 Å². The summed E-state index contributed by atoms with van der Waals surface area (Å²) in [7, 11) is -4.03. The van der Waals surface area contributed by atoms with Crippen LogP contribution in [-0.2, 0) is 24.3 Å². The van der Waals surface area contributed by atoms with Gasteiger partial charge in [-0.2, -0.15) is 0 Å². The normalized spacial score (nSPS) is 10.6. The predicted molar refractivity (Wildman–Crippen MR) is 90.3 cm³/mol. The van der Waals surface area contributed by atoms with Gasteiger partial charge in [-0.1, -0.05) is 13.3 Å². The standard InChI is InChI=1S/C15H21N3O6S/c1-3-5-10-16-15(21)18-25(22,23)12-8-6-11(7-9-12)17-13(19)14(20)24-4-2/h6-9H,3-5,10H2,1-2H3,(H,17,19)(H2,16,18,21). The van der Waals surface area contributed by atoms with Crippen molar-refractivity contribution >= 4 is 33.6 Å². The summed E-state index contributed by atoms with van der Waals surface area (Å²) in [6.45, 7) is 3.95. The molecule has 0 fully saturated rings. The van der Waals surface area contributed by atoms with E-state index < -0.39 is 27.9 Å². The molecule has 3 N–H and O–H groups in total. The van der Waals surface area contributed by atoms with Crippen LogP contribution in [0.25, 0.3) is 0 Å². The Kier molecular flexibility index (Phi) is 7.86. The lowest BCUT2D eigenvalue weighted by molar-refractivity contribution is -0.152. The maximum Gasteiger partial charge on any atom is 0.397 e. The number of ether oxygens (including phenoxy) is 1. The summed E-state index contributed by atoms with van der Waals surface area (Å²) in [6.07, 6.45) is 1.61. The van der Waals surface area contributed by atoms with Crippen LogP contribution in [0.3, 0.4) is 0 Å². The third kappa shape index (κ3) is 6.79. The third-order valence-corrected chi connectivity index (χ3v) is 4.27. The molecule has 9 nitrogen and oxygen atoms in total. The van der Waals surface area contributed by atoms with Crippen LogP contribution in [0.15, 0.2) is 29.2 Å². The average Bonchev–Trinajstić information content (AvgIpc) is 2.55. The molecule has 0 spiro atoms. The Labute approximate surface area is 146 Å². The molecule has 0 aliphatic rings. The van der Waals surface area contributed by atoms with Gasteiger partial charge in [0, 0.05) is 12.2 Å². The van der Waals surface area contributed by atoms with E-state index in [9.17, 15) is 22.8 Å². The van der Waals surface area contributed by atoms with Crippen molar-refractivity contribution < 1.29 is 27.5 Å². The minimum Gasteiger partial charge on any atom is -0.459 e. The molecule has 1 aromatic carbocycles. The minimum atomic E-state index is -4.03. The number of urea groups is 1.